The van der Waals surface area contributed by atoms with Gasteiger partial charge in [-0.2, -0.15) is 0 Å². The van der Waals surface area contributed by atoms with E-state index in [-0.39, 0.29) is 6.54 Å². The van der Waals surface area contributed by atoms with Crippen LogP contribution in [0.1, 0.15) is 6.42 Å². The third-order valence-corrected chi connectivity index (χ3v) is 2.16. The molecule has 0 atom stereocenters. The van der Waals surface area contributed by atoms with Gasteiger partial charge in [0.25, 0.3) is 0 Å². The standard InChI is InChI=1S/C9H17F3N2O2S/c1-15-6-4-14(3-2-8(13)17)5-7-16-9(10,11)12/h2-7H2,1H3,(H2,13,17). The van der Waals surface area contributed by atoms with Crippen LogP contribution in [-0.2, 0) is 9.47 Å². The zero-order valence-corrected chi connectivity index (χ0v) is 10.4. The van der Waals surface area contributed by atoms with Gasteiger partial charge in [0.1, 0.15) is 0 Å². The van der Waals surface area contributed by atoms with Crippen LogP contribution in [-0.4, -0.2) is 56.2 Å². The van der Waals surface area contributed by atoms with Gasteiger partial charge in [0.15, 0.2) is 0 Å². The summed E-state index contributed by atoms with van der Waals surface area (Å²) in [7, 11) is 1.53. The third-order valence-electron chi connectivity index (χ3n) is 1.96. The summed E-state index contributed by atoms with van der Waals surface area (Å²) >= 11 is 4.71. The van der Waals surface area contributed by atoms with Crippen LogP contribution in [0.15, 0.2) is 0 Å². The summed E-state index contributed by atoms with van der Waals surface area (Å²) in [4.78, 5) is 2.10. The van der Waals surface area contributed by atoms with Crippen molar-refractivity contribution in [3.05, 3.63) is 0 Å². The zero-order chi connectivity index (χ0) is 13.3. The fourth-order valence-corrected chi connectivity index (χ4v) is 1.21. The Hall–Kier alpha value is -0.440. The molecule has 0 spiro atoms. The second kappa shape index (κ2) is 8.62. The predicted octanol–water partition coefficient (Wildman–Crippen LogP) is 1.15. The van der Waals surface area contributed by atoms with E-state index in [4.69, 9.17) is 22.7 Å². The number of methoxy groups -OCH3 is 1. The molecule has 0 saturated carbocycles. The smallest absolute Gasteiger partial charge is 0.393 e. The highest BCUT2D eigenvalue weighted by Gasteiger charge is 2.28. The molecular formula is C9H17F3N2O2S. The van der Waals surface area contributed by atoms with E-state index in [2.05, 4.69) is 4.74 Å². The maximum absolute atomic E-state index is 11.8. The van der Waals surface area contributed by atoms with Gasteiger partial charge in [0, 0.05) is 33.2 Å². The summed E-state index contributed by atoms with van der Waals surface area (Å²) in [6.07, 6.45) is -4.12. The molecule has 0 fully saturated rings. The van der Waals surface area contributed by atoms with Crippen LogP contribution in [0.2, 0.25) is 0 Å². The Morgan fingerprint density at radius 3 is 2.29 bits per heavy atom. The Morgan fingerprint density at radius 1 is 1.24 bits per heavy atom. The predicted molar refractivity (Wildman–Crippen MR) is 61.7 cm³/mol. The molecule has 0 unspecified atom stereocenters. The van der Waals surface area contributed by atoms with Gasteiger partial charge < -0.3 is 10.5 Å². The van der Waals surface area contributed by atoms with Gasteiger partial charge in [0.2, 0.25) is 0 Å². The molecule has 0 radical (unpaired) electrons. The van der Waals surface area contributed by atoms with E-state index in [0.717, 1.165) is 0 Å². The zero-order valence-electron chi connectivity index (χ0n) is 9.63. The van der Waals surface area contributed by atoms with Crippen molar-refractivity contribution in [1.29, 1.82) is 0 Å². The van der Waals surface area contributed by atoms with Gasteiger partial charge >= 0.3 is 6.36 Å². The highest BCUT2D eigenvalue weighted by molar-refractivity contribution is 7.80. The van der Waals surface area contributed by atoms with E-state index < -0.39 is 13.0 Å². The first-order valence-electron chi connectivity index (χ1n) is 5.05. The summed E-state index contributed by atoms with van der Waals surface area (Å²) < 4.78 is 43.9. The van der Waals surface area contributed by atoms with Crippen LogP contribution in [0, 0.1) is 0 Å². The van der Waals surface area contributed by atoms with E-state index in [1.165, 1.54) is 7.11 Å². The van der Waals surface area contributed by atoms with Crippen LogP contribution in [0.25, 0.3) is 0 Å². The highest BCUT2D eigenvalue weighted by atomic mass is 32.1. The molecule has 0 aliphatic heterocycles. The second-order valence-electron chi connectivity index (χ2n) is 3.34. The van der Waals surface area contributed by atoms with Crippen LogP contribution >= 0.6 is 12.2 Å². The number of hydrogen-bond donors (Lipinski definition) is 1. The van der Waals surface area contributed by atoms with Gasteiger partial charge in [0.05, 0.1) is 18.2 Å². The average Bonchev–Trinajstić information content (AvgIpc) is 2.19. The van der Waals surface area contributed by atoms with Crippen molar-refractivity contribution in [2.24, 2.45) is 5.73 Å². The second-order valence-corrected chi connectivity index (χ2v) is 3.87. The van der Waals surface area contributed by atoms with Crippen LogP contribution < -0.4 is 5.73 Å². The summed E-state index contributed by atoms with van der Waals surface area (Å²) in [5, 5.41) is 0. The molecule has 0 amide bonds. The summed E-state index contributed by atoms with van der Waals surface area (Å²) in [5.41, 5.74) is 5.33. The fraction of sp³-hybridized carbons (Fsp3) is 0.889. The summed E-state index contributed by atoms with van der Waals surface area (Å²) in [6.45, 7) is 1.19. The lowest BCUT2D eigenvalue weighted by molar-refractivity contribution is -0.325. The van der Waals surface area contributed by atoms with Crippen molar-refractivity contribution in [3.8, 4) is 0 Å². The van der Waals surface area contributed by atoms with Crippen molar-refractivity contribution in [2.75, 3.05) is 40.0 Å². The molecule has 0 heterocycles. The van der Waals surface area contributed by atoms with Gasteiger partial charge in [-0.1, -0.05) is 12.2 Å². The Kier molecular flexibility index (Phi) is 8.40. The number of hydrogen-bond acceptors (Lipinski definition) is 4. The molecule has 0 aromatic carbocycles. The molecule has 2 N–H and O–H groups in total. The van der Waals surface area contributed by atoms with Crippen molar-refractivity contribution in [1.82, 2.24) is 4.90 Å². The van der Waals surface area contributed by atoms with Crippen molar-refractivity contribution < 1.29 is 22.6 Å². The summed E-state index contributed by atoms with van der Waals surface area (Å²) in [5.74, 6) is 0. The summed E-state index contributed by atoms with van der Waals surface area (Å²) in [6, 6.07) is 0. The molecule has 0 bridgehead atoms. The quantitative estimate of drug-likeness (QED) is 0.639. The molecule has 0 aromatic heterocycles. The van der Waals surface area contributed by atoms with Gasteiger partial charge in [-0.15, -0.1) is 13.2 Å². The molecule has 0 aliphatic rings. The lowest BCUT2D eigenvalue weighted by atomic mass is 10.3. The molecule has 17 heavy (non-hydrogen) atoms. The molecule has 4 nitrogen and oxygen atoms in total. The van der Waals surface area contributed by atoms with E-state index >= 15 is 0 Å². The molecule has 102 valence electrons. The van der Waals surface area contributed by atoms with Crippen LogP contribution in [0.4, 0.5) is 13.2 Å². The molecular weight excluding hydrogens is 257 g/mol. The lowest BCUT2D eigenvalue weighted by Gasteiger charge is -2.21. The van der Waals surface area contributed by atoms with Gasteiger partial charge in [-0.3, -0.25) is 9.64 Å². The Morgan fingerprint density at radius 2 is 1.82 bits per heavy atom. The van der Waals surface area contributed by atoms with Gasteiger partial charge in [-0.05, 0) is 0 Å². The van der Waals surface area contributed by atoms with E-state index in [0.29, 0.717) is 31.1 Å². The van der Waals surface area contributed by atoms with E-state index in [1.807, 2.05) is 0 Å². The number of thiocarbonyl (C=S) groups is 1. The Balaban J connectivity index is 3.88. The van der Waals surface area contributed by atoms with Gasteiger partial charge in [-0.25, -0.2) is 0 Å². The van der Waals surface area contributed by atoms with E-state index in [9.17, 15) is 13.2 Å². The molecule has 8 heteroatoms. The van der Waals surface area contributed by atoms with Crippen LogP contribution in [0.3, 0.4) is 0 Å². The minimum absolute atomic E-state index is 0.158. The van der Waals surface area contributed by atoms with Crippen molar-refractivity contribution in [3.63, 3.8) is 0 Å². The van der Waals surface area contributed by atoms with Crippen molar-refractivity contribution >= 4 is 17.2 Å². The number of alkyl halides is 3. The normalized spacial score (nSPS) is 12.1. The topological polar surface area (TPSA) is 47.7 Å². The number of rotatable bonds is 9. The number of nitrogens with zero attached hydrogens (tertiary/aromatic N) is 1. The highest BCUT2D eigenvalue weighted by Crippen LogP contribution is 2.15. The SMILES string of the molecule is COCCN(CCOC(F)(F)F)CCC(N)=S. The first-order valence-corrected chi connectivity index (χ1v) is 5.46. The third kappa shape index (κ3) is 11.8. The maximum Gasteiger partial charge on any atom is 0.522 e. The lowest BCUT2D eigenvalue weighted by Crippen LogP contribution is -2.34. The molecule has 0 rings (SSSR count). The molecule has 0 aliphatic carbocycles. The largest absolute Gasteiger partial charge is 0.522 e. The maximum atomic E-state index is 11.8. The minimum Gasteiger partial charge on any atom is -0.393 e. The Bertz CT molecular complexity index is 227. The van der Waals surface area contributed by atoms with Crippen molar-refractivity contribution in [2.45, 2.75) is 12.8 Å². The molecule has 0 aromatic rings. The van der Waals surface area contributed by atoms with E-state index in [1.54, 1.807) is 4.90 Å². The average molecular weight is 274 g/mol. The number of halogens is 3. The Labute approximate surface area is 104 Å². The number of nitrogens with two attached hydrogens (primary N) is 1. The number of ether oxygens (including phenoxy) is 2. The fourth-order valence-electron chi connectivity index (χ4n) is 1.11. The first-order chi connectivity index (χ1) is 7.85. The minimum atomic E-state index is -4.59. The first kappa shape index (κ1) is 16.6. The monoisotopic (exact) mass is 274 g/mol. The molecule has 0 saturated heterocycles. The van der Waals surface area contributed by atoms with Crippen LogP contribution in [0.5, 0.6) is 0 Å².